The number of thiazole rings is 1. The van der Waals surface area contributed by atoms with Crippen LogP contribution < -0.4 is 0 Å². The lowest BCUT2D eigenvalue weighted by atomic mass is 10.0. The molecule has 4 aromatic rings. The average Bonchev–Trinajstić information content (AvgIpc) is 3.16. The molecule has 0 saturated heterocycles. The van der Waals surface area contributed by atoms with Crippen molar-refractivity contribution in [2.45, 2.75) is 19.3 Å². The third-order valence-electron chi connectivity index (χ3n) is 4.76. The summed E-state index contributed by atoms with van der Waals surface area (Å²) in [5.74, 6) is 0. The third kappa shape index (κ3) is 4.49. The van der Waals surface area contributed by atoms with Gasteiger partial charge in [0.2, 0.25) is 0 Å². The fraction of sp³-hybridized carbons (Fsp3) is 0.174. The van der Waals surface area contributed by atoms with Crippen LogP contribution in [0.3, 0.4) is 0 Å². The summed E-state index contributed by atoms with van der Waals surface area (Å²) < 4.78 is 38.2. The van der Waals surface area contributed by atoms with Gasteiger partial charge in [0.05, 0.1) is 11.3 Å². The Bertz CT molecular complexity index is 1110. The molecule has 0 bridgehead atoms. The fourth-order valence-electron chi connectivity index (χ4n) is 3.37. The predicted octanol–water partition coefficient (Wildman–Crippen LogP) is 6.61. The smallest absolute Gasteiger partial charge is 0.296 e. The number of aromatic nitrogens is 1. The average molecular weight is 412 g/mol. The van der Waals surface area contributed by atoms with Crippen molar-refractivity contribution in [1.82, 2.24) is 9.88 Å². The van der Waals surface area contributed by atoms with E-state index in [1.165, 1.54) is 39.8 Å². The van der Waals surface area contributed by atoms with E-state index in [-0.39, 0.29) is 0 Å². The molecule has 0 fully saturated rings. The van der Waals surface area contributed by atoms with Gasteiger partial charge in [-0.15, -0.1) is 11.3 Å². The van der Waals surface area contributed by atoms with E-state index < -0.39 is 11.7 Å². The molecule has 0 aliphatic rings. The van der Waals surface area contributed by atoms with Gasteiger partial charge in [0, 0.05) is 24.0 Å². The van der Waals surface area contributed by atoms with Crippen LogP contribution in [-0.2, 0) is 19.3 Å². The van der Waals surface area contributed by atoms with Crippen LogP contribution in [0.25, 0.3) is 21.3 Å². The van der Waals surface area contributed by atoms with E-state index in [0.717, 1.165) is 29.4 Å². The molecule has 0 N–H and O–H groups in total. The Morgan fingerprint density at radius 1 is 0.897 bits per heavy atom. The molecule has 2 nitrogen and oxygen atoms in total. The highest BCUT2D eigenvalue weighted by Gasteiger charge is 2.30. The largest absolute Gasteiger partial charge is 0.416 e. The number of hydrogen-bond acceptors (Lipinski definition) is 3. The molecule has 0 saturated carbocycles. The number of benzene rings is 3. The van der Waals surface area contributed by atoms with Gasteiger partial charge in [0.1, 0.15) is 5.01 Å². The van der Waals surface area contributed by atoms with Gasteiger partial charge in [-0.25, -0.2) is 4.98 Å². The van der Waals surface area contributed by atoms with Crippen molar-refractivity contribution in [3.05, 3.63) is 88.9 Å². The summed E-state index contributed by atoms with van der Waals surface area (Å²) in [6.45, 7) is 1.45. The second-order valence-electron chi connectivity index (χ2n) is 7.03. The monoisotopic (exact) mass is 412 g/mol. The lowest BCUT2D eigenvalue weighted by molar-refractivity contribution is -0.137. The normalized spacial score (nSPS) is 12.0. The molecule has 1 heterocycles. The lowest BCUT2D eigenvalue weighted by Gasteiger charge is -2.17. The minimum absolute atomic E-state index is 0.646. The molecule has 148 valence electrons. The van der Waals surface area contributed by atoms with Crippen molar-refractivity contribution in [3.63, 3.8) is 0 Å². The van der Waals surface area contributed by atoms with Crippen molar-refractivity contribution in [1.29, 1.82) is 0 Å². The fourth-order valence-corrected chi connectivity index (χ4v) is 4.18. The Morgan fingerprint density at radius 3 is 2.38 bits per heavy atom. The zero-order valence-electron chi connectivity index (χ0n) is 15.8. The van der Waals surface area contributed by atoms with Crippen LogP contribution in [0.4, 0.5) is 13.2 Å². The Balaban J connectivity index is 1.46. The summed E-state index contributed by atoms with van der Waals surface area (Å²) in [5.41, 5.74) is 2.22. The van der Waals surface area contributed by atoms with E-state index in [1.54, 1.807) is 0 Å². The third-order valence-corrected chi connectivity index (χ3v) is 5.70. The highest BCUT2D eigenvalue weighted by atomic mass is 32.1. The Hall–Kier alpha value is -2.70. The van der Waals surface area contributed by atoms with Crippen molar-refractivity contribution >= 4 is 22.1 Å². The highest BCUT2D eigenvalue weighted by molar-refractivity contribution is 7.13. The van der Waals surface area contributed by atoms with E-state index in [0.29, 0.717) is 12.1 Å². The van der Waals surface area contributed by atoms with Crippen LogP contribution >= 0.6 is 11.3 Å². The van der Waals surface area contributed by atoms with Crippen LogP contribution in [0.15, 0.2) is 72.1 Å². The molecule has 0 aliphatic carbocycles. The van der Waals surface area contributed by atoms with E-state index in [4.69, 9.17) is 0 Å². The zero-order chi connectivity index (χ0) is 20.4. The van der Waals surface area contributed by atoms with E-state index in [9.17, 15) is 13.2 Å². The Morgan fingerprint density at radius 2 is 1.62 bits per heavy atom. The summed E-state index contributed by atoms with van der Waals surface area (Å²) in [6, 6.07) is 19.8. The SMILES string of the molecule is CN(Cc1csc(-c2ccc(C(F)(F)F)cc2)n1)Cc1cccc2ccccc12. The first-order valence-corrected chi connectivity index (χ1v) is 10.1. The molecule has 1 aromatic heterocycles. The van der Waals surface area contributed by atoms with E-state index >= 15 is 0 Å². The molecule has 0 atom stereocenters. The summed E-state index contributed by atoms with van der Waals surface area (Å²) in [7, 11) is 2.04. The van der Waals surface area contributed by atoms with Crippen LogP contribution in [0.5, 0.6) is 0 Å². The first-order valence-electron chi connectivity index (χ1n) is 9.17. The highest BCUT2D eigenvalue weighted by Crippen LogP contribution is 2.32. The molecule has 0 radical (unpaired) electrons. The van der Waals surface area contributed by atoms with Gasteiger partial charge in [0.15, 0.2) is 0 Å². The molecule has 0 unspecified atom stereocenters. The van der Waals surface area contributed by atoms with Gasteiger partial charge in [-0.2, -0.15) is 13.2 Å². The minimum Gasteiger partial charge on any atom is -0.296 e. The van der Waals surface area contributed by atoms with Crippen molar-refractivity contribution in [2.24, 2.45) is 0 Å². The van der Waals surface area contributed by atoms with Crippen LogP contribution in [0.2, 0.25) is 0 Å². The molecule has 3 aromatic carbocycles. The van der Waals surface area contributed by atoms with Crippen molar-refractivity contribution in [2.75, 3.05) is 7.05 Å². The maximum absolute atomic E-state index is 12.7. The van der Waals surface area contributed by atoms with Crippen LogP contribution in [0, 0.1) is 0 Å². The van der Waals surface area contributed by atoms with E-state index in [2.05, 4.69) is 40.2 Å². The Labute approximate surface area is 171 Å². The standard InChI is InChI=1S/C23H19F3N2S/c1-28(13-18-7-4-6-16-5-2-3-8-21(16)18)14-20-15-29-22(27-20)17-9-11-19(12-10-17)23(24,25)26/h2-12,15H,13-14H2,1H3. The van der Waals surface area contributed by atoms with Gasteiger partial charge in [-0.3, -0.25) is 4.90 Å². The van der Waals surface area contributed by atoms with Gasteiger partial charge in [-0.1, -0.05) is 54.6 Å². The van der Waals surface area contributed by atoms with E-state index in [1.807, 2.05) is 24.6 Å². The summed E-state index contributed by atoms with van der Waals surface area (Å²) >= 11 is 1.45. The number of alkyl halides is 3. The lowest BCUT2D eigenvalue weighted by Crippen LogP contribution is -2.17. The quantitative estimate of drug-likeness (QED) is 0.366. The maximum Gasteiger partial charge on any atom is 0.416 e. The second-order valence-corrected chi connectivity index (χ2v) is 7.89. The second kappa shape index (κ2) is 7.97. The van der Waals surface area contributed by atoms with Crippen LogP contribution in [0.1, 0.15) is 16.8 Å². The molecule has 0 aliphatic heterocycles. The number of fused-ring (bicyclic) bond motifs is 1. The number of hydrogen-bond donors (Lipinski definition) is 0. The molecule has 29 heavy (non-hydrogen) atoms. The molecular formula is C23H19F3N2S. The number of rotatable bonds is 5. The molecule has 6 heteroatoms. The number of nitrogens with zero attached hydrogens (tertiary/aromatic N) is 2. The maximum atomic E-state index is 12.7. The van der Waals surface area contributed by atoms with Gasteiger partial charge in [0.25, 0.3) is 0 Å². The van der Waals surface area contributed by atoms with Gasteiger partial charge in [-0.05, 0) is 35.5 Å². The summed E-state index contributed by atoms with van der Waals surface area (Å²) in [6.07, 6.45) is -4.32. The van der Waals surface area contributed by atoms with Crippen molar-refractivity contribution in [3.8, 4) is 10.6 Å². The minimum atomic E-state index is -4.32. The zero-order valence-corrected chi connectivity index (χ0v) is 16.6. The molecular weight excluding hydrogens is 393 g/mol. The summed E-state index contributed by atoms with van der Waals surface area (Å²) in [4.78, 5) is 6.80. The first-order chi connectivity index (χ1) is 13.9. The van der Waals surface area contributed by atoms with Gasteiger partial charge < -0.3 is 0 Å². The number of halogens is 3. The van der Waals surface area contributed by atoms with Crippen LogP contribution in [-0.4, -0.2) is 16.9 Å². The first kappa shape index (κ1) is 19.6. The Kier molecular flexibility index (Phi) is 5.39. The molecule has 4 rings (SSSR count). The molecule has 0 spiro atoms. The van der Waals surface area contributed by atoms with Crippen molar-refractivity contribution < 1.29 is 13.2 Å². The predicted molar refractivity (Wildman–Crippen MR) is 112 cm³/mol. The summed E-state index contributed by atoms with van der Waals surface area (Å²) in [5, 5.41) is 5.15. The molecule has 0 amide bonds. The topological polar surface area (TPSA) is 16.1 Å². The van der Waals surface area contributed by atoms with Gasteiger partial charge >= 0.3 is 6.18 Å².